The van der Waals surface area contributed by atoms with Gasteiger partial charge < -0.3 is 19.5 Å². The Balaban J connectivity index is 1.48. The van der Waals surface area contributed by atoms with Crippen molar-refractivity contribution in [1.29, 1.82) is 0 Å². The van der Waals surface area contributed by atoms with Crippen LogP contribution in [0.2, 0.25) is 0 Å². The highest BCUT2D eigenvalue weighted by atomic mass is 19.1. The number of carbonyl (C=O) groups is 3. The number of rotatable bonds is 4. The van der Waals surface area contributed by atoms with Gasteiger partial charge in [-0.1, -0.05) is 12.1 Å². The first-order valence-corrected chi connectivity index (χ1v) is 8.19. The molecule has 2 heterocycles. The summed E-state index contributed by atoms with van der Waals surface area (Å²) in [6.45, 7) is 1.39. The van der Waals surface area contributed by atoms with Crippen LogP contribution in [0.1, 0.15) is 17.0 Å². The largest absolute Gasteiger partial charge is 0.459 e. The maximum absolute atomic E-state index is 13.5. The molecule has 0 aliphatic carbocycles. The fraction of sp³-hybridized carbons (Fsp3) is 0.278. The van der Waals surface area contributed by atoms with Crippen LogP contribution in [0, 0.1) is 5.82 Å². The SMILES string of the molecule is O=C(CC(=O)N1CCN(C(=O)c2ccco2)CC1)Nc1ccccc1F. The number of nitrogens with zero attached hydrogens (tertiary/aromatic N) is 2. The summed E-state index contributed by atoms with van der Waals surface area (Å²) < 4.78 is 18.6. The van der Waals surface area contributed by atoms with E-state index in [0.717, 1.165) is 0 Å². The molecule has 0 radical (unpaired) electrons. The van der Waals surface area contributed by atoms with Crippen LogP contribution < -0.4 is 5.32 Å². The van der Waals surface area contributed by atoms with E-state index in [1.165, 1.54) is 29.4 Å². The number of benzene rings is 1. The van der Waals surface area contributed by atoms with E-state index in [9.17, 15) is 18.8 Å². The highest BCUT2D eigenvalue weighted by Crippen LogP contribution is 2.14. The minimum absolute atomic E-state index is 0.0409. The second kappa shape index (κ2) is 7.81. The van der Waals surface area contributed by atoms with E-state index in [4.69, 9.17) is 4.42 Å². The third kappa shape index (κ3) is 4.08. The Morgan fingerprint density at radius 2 is 1.69 bits per heavy atom. The van der Waals surface area contributed by atoms with Crippen molar-refractivity contribution in [3.63, 3.8) is 0 Å². The molecule has 1 aliphatic rings. The van der Waals surface area contributed by atoms with E-state index < -0.39 is 11.7 Å². The Kier molecular flexibility index (Phi) is 5.31. The Morgan fingerprint density at radius 3 is 2.35 bits per heavy atom. The summed E-state index contributed by atoms with van der Waals surface area (Å²) >= 11 is 0. The second-order valence-corrected chi connectivity index (χ2v) is 5.86. The van der Waals surface area contributed by atoms with Crippen molar-refractivity contribution in [1.82, 2.24) is 9.80 Å². The molecule has 1 fully saturated rings. The predicted molar refractivity (Wildman–Crippen MR) is 90.8 cm³/mol. The topological polar surface area (TPSA) is 82.9 Å². The van der Waals surface area contributed by atoms with Crippen molar-refractivity contribution in [2.75, 3.05) is 31.5 Å². The van der Waals surface area contributed by atoms with E-state index in [-0.39, 0.29) is 29.7 Å². The number of para-hydroxylation sites is 1. The quantitative estimate of drug-likeness (QED) is 0.843. The van der Waals surface area contributed by atoms with E-state index >= 15 is 0 Å². The van der Waals surface area contributed by atoms with Crippen molar-refractivity contribution < 1.29 is 23.2 Å². The molecule has 3 rings (SSSR count). The average Bonchev–Trinajstić information content (AvgIpc) is 3.18. The molecule has 0 spiro atoms. The van der Waals surface area contributed by atoms with Crippen molar-refractivity contribution >= 4 is 23.4 Å². The lowest BCUT2D eigenvalue weighted by atomic mass is 10.2. The van der Waals surface area contributed by atoms with Crippen molar-refractivity contribution in [2.45, 2.75) is 6.42 Å². The Bertz CT molecular complexity index is 799. The zero-order chi connectivity index (χ0) is 18.5. The van der Waals surface area contributed by atoms with Crippen LogP contribution in [-0.2, 0) is 9.59 Å². The van der Waals surface area contributed by atoms with Crippen molar-refractivity contribution in [3.8, 4) is 0 Å². The van der Waals surface area contributed by atoms with Gasteiger partial charge in [-0.3, -0.25) is 14.4 Å². The van der Waals surface area contributed by atoms with Gasteiger partial charge in [0, 0.05) is 26.2 Å². The molecular formula is C18H18FN3O4. The van der Waals surface area contributed by atoms with Gasteiger partial charge in [0.05, 0.1) is 12.0 Å². The third-order valence-corrected chi connectivity index (χ3v) is 4.11. The summed E-state index contributed by atoms with van der Waals surface area (Å²) in [7, 11) is 0. The van der Waals surface area contributed by atoms with Crippen molar-refractivity contribution in [3.05, 3.63) is 54.2 Å². The monoisotopic (exact) mass is 359 g/mol. The average molecular weight is 359 g/mol. The summed E-state index contributed by atoms with van der Waals surface area (Å²) in [4.78, 5) is 39.5. The molecule has 136 valence electrons. The van der Waals surface area contributed by atoms with E-state index in [1.807, 2.05) is 0 Å². The number of piperazine rings is 1. The van der Waals surface area contributed by atoms with Gasteiger partial charge >= 0.3 is 0 Å². The zero-order valence-corrected chi connectivity index (χ0v) is 14.0. The van der Waals surface area contributed by atoms with Crippen LogP contribution in [-0.4, -0.2) is 53.7 Å². The van der Waals surface area contributed by atoms with Crippen LogP contribution in [0.15, 0.2) is 47.1 Å². The molecule has 1 saturated heterocycles. The first-order chi connectivity index (χ1) is 12.5. The number of nitrogens with one attached hydrogen (secondary N) is 1. The molecule has 0 bridgehead atoms. The van der Waals surface area contributed by atoms with Crippen LogP contribution in [0.3, 0.4) is 0 Å². The molecule has 7 nitrogen and oxygen atoms in total. The fourth-order valence-corrected chi connectivity index (χ4v) is 2.72. The first kappa shape index (κ1) is 17.7. The lowest BCUT2D eigenvalue weighted by molar-refractivity contribution is -0.135. The predicted octanol–water partition coefficient (Wildman–Crippen LogP) is 1.73. The highest BCUT2D eigenvalue weighted by Gasteiger charge is 2.27. The number of hydrogen-bond donors (Lipinski definition) is 1. The van der Waals surface area contributed by atoms with Gasteiger partial charge in [0.1, 0.15) is 12.2 Å². The molecule has 0 atom stereocenters. The summed E-state index contributed by atoms with van der Waals surface area (Å²) in [5.74, 6) is -1.45. The van der Waals surface area contributed by atoms with Gasteiger partial charge in [-0.15, -0.1) is 0 Å². The lowest BCUT2D eigenvalue weighted by Crippen LogP contribution is -2.51. The molecule has 0 saturated carbocycles. The molecule has 1 N–H and O–H groups in total. The second-order valence-electron chi connectivity index (χ2n) is 5.86. The molecule has 26 heavy (non-hydrogen) atoms. The Hall–Kier alpha value is -3.16. The number of furan rings is 1. The summed E-state index contributed by atoms with van der Waals surface area (Å²) in [6.07, 6.45) is 1.06. The standard InChI is InChI=1S/C18H18FN3O4/c19-13-4-1-2-5-14(13)20-16(23)12-17(24)21-7-9-22(10-8-21)18(25)15-6-3-11-26-15/h1-6,11H,7-10,12H2,(H,20,23). The van der Waals surface area contributed by atoms with E-state index in [0.29, 0.717) is 26.2 Å². The minimum atomic E-state index is -0.575. The van der Waals surface area contributed by atoms with Gasteiger partial charge in [0.2, 0.25) is 11.8 Å². The van der Waals surface area contributed by atoms with Gasteiger partial charge in [0.15, 0.2) is 5.76 Å². The summed E-state index contributed by atoms with van der Waals surface area (Å²) in [5, 5.41) is 2.39. The molecule has 8 heteroatoms. The van der Waals surface area contributed by atoms with Crippen LogP contribution in [0.5, 0.6) is 0 Å². The molecule has 1 aromatic heterocycles. The maximum Gasteiger partial charge on any atom is 0.289 e. The van der Waals surface area contributed by atoms with Crippen LogP contribution in [0.25, 0.3) is 0 Å². The molecule has 1 aromatic carbocycles. The van der Waals surface area contributed by atoms with Gasteiger partial charge in [-0.05, 0) is 24.3 Å². The van der Waals surface area contributed by atoms with E-state index in [1.54, 1.807) is 23.1 Å². The summed E-state index contributed by atoms with van der Waals surface area (Å²) in [5.41, 5.74) is 0.0409. The molecular weight excluding hydrogens is 341 g/mol. The minimum Gasteiger partial charge on any atom is -0.459 e. The third-order valence-electron chi connectivity index (χ3n) is 4.11. The lowest BCUT2D eigenvalue weighted by Gasteiger charge is -2.34. The first-order valence-electron chi connectivity index (χ1n) is 8.19. The fourth-order valence-electron chi connectivity index (χ4n) is 2.72. The van der Waals surface area contributed by atoms with Gasteiger partial charge in [0.25, 0.3) is 5.91 Å². The maximum atomic E-state index is 13.5. The number of anilines is 1. The highest BCUT2D eigenvalue weighted by molar-refractivity contribution is 6.03. The number of carbonyl (C=O) groups excluding carboxylic acids is 3. The number of halogens is 1. The molecule has 3 amide bonds. The molecule has 1 aliphatic heterocycles. The normalized spacial score (nSPS) is 14.2. The Morgan fingerprint density at radius 1 is 1.00 bits per heavy atom. The smallest absolute Gasteiger partial charge is 0.289 e. The van der Waals surface area contributed by atoms with Crippen LogP contribution in [0.4, 0.5) is 10.1 Å². The number of amides is 3. The summed E-state index contributed by atoms with van der Waals surface area (Å²) in [6, 6.07) is 8.99. The zero-order valence-electron chi connectivity index (χ0n) is 14.0. The molecule has 0 unspecified atom stereocenters. The van der Waals surface area contributed by atoms with Crippen LogP contribution >= 0.6 is 0 Å². The van der Waals surface area contributed by atoms with Gasteiger partial charge in [-0.25, -0.2) is 4.39 Å². The van der Waals surface area contributed by atoms with Gasteiger partial charge in [-0.2, -0.15) is 0 Å². The van der Waals surface area contributed by atoms with E-state index in [2.05, 4.69) is 5.32 Å². The molecule has 2 aromatic rings. The Labute approximate surface area is 149 Å². The number of hydrogen-bond acceptors (Lipinski definition) is 4. The van der Waals surface area contributed by atoms with Crippen molar-refractivity contribution in [2.24, 2.45) is 0 Å².